The fourth-order valence-corrected chi connectivity index (χ4v) is 10.4. The van der Waals surface area contributed by atoms with Gasteiger partial charge in [-0.2, -0.15) is 0 Å². The molecule has 12 aromatic rings. The van der Waals surface area contributed by atoms with Crippen LogP contribution < -0.4 is 4.74 Å². The van der Waals surface area contributed by atoms with Crippen LogP contribution in [0.1, 0.15) is 28.7 Å². The van der Waals surface area contributed by atoms with Crippen LogP contribution in [-0.4, -0.2) is 0 Å². The van der Waals surface area contributed by atoms with Gasteiger partial charge in [-0.3, -0.25) is 0 Å². The highest BCUT2D eigenvalue weighted by molar-refractivity contribution is 6.05. The van der Waals surface area contributed by atoms with E-state index < -0.39 is 0 Å². The van der Waals surface area contributed by atoms with Crippen LogP contribution >= 0.6 is 0 Å². The first-order valence-corrected chi connectivity index (χ1v) is 23.6. The molecule has 326 valence electrons. The van der Waals surface area contributed by atoms with E-state index in [0.29, 0.717) is 0 Å². The molecule has 13 rings (SSSR count). The third-order valence-electron chi connectivity index (χ3n) is 13.7. The molecule has 3 heteroatoms. The van der Waals surface area contributed by atoms with E-state index in [1.807, 2.05) is 12.1 Å². The van der Waals surface area contributed by atoms with Crippen molar-refractivity contribution in [3.8, 4) is 84.0 Å². The van der Waals surface area contributed by atoms with Gasteiger partial charge in [0.25, 0.3) is 0 Å². The fraction of sp³-hybridized carbons (Fsp3) is 0.0303. The van der Waals surface area contributed by atoms with Crippen LogP contribution in [-0.2, 0) is 0 Å². The summed E-state index contributed by atoms with van der Waals surface area (Å²) < 4.78 is 20.5. The van der Waals surface area contributed by atoms with E-state index in [2.05, 4.69) is 243 Å². The van der Waals surface area contributed by atoms with Gasteiger partial charge in [-0.1, -0.05) is 200 Å². The Morgan fingerprint density at radius 2 is 0.710 bits per heavy atom. The highest BCUT2D eigenvalue weighted by Gasteiger charge is 2.37. The quantitative estimate of drug-likeness (QED) is 0.145. The Kier molecular flexibility index (Phi) is 9.98. The number of ether oxygens (including phenoxy) is 1. The van der Waals surface area contributed by atoms with E-state index in [0.717, 1.165) is 112 Å². The number of hydrogen-bond donors (Lipinski definition) is 0. The van der Waals surface area contributed by atoms with E-state index >= 15 is 0 Å². The molecule has 0 bridgehead atoms. The summed E-state index contributed by atoms with van der Waals surface area (Å²) in [6.45, 7) is 0. The van der Waals surface area contributed by atoms with Crippen molar-refractivity contribution in [2.24, 2.45) is 0 Å². The number of furan rings is 2. The average Bonchev–Trinajstić information content (AvgIpc) is 4.14. The monoisotopic (exact) mass is 884 g/mol. The highest BCUT2D eigenvalue weighted by atomic mass is 16.5. The summed E-state index contributed by atoms with van der Waals surface area (Å²) >= 11 is 0. The molecule has 0 aliphatic carbocycles. The number of fused-ring (bicyclic) bond motifs is 3. The Bertz CT molecular complexity index is 3780. The van der Waals surface area contributed by atoms with E-state index in [1.165, 1.54) is 11.1 Å². The smallest absolute Gasteiger partial charge is 0.143 e. The van der Waals surface area contributed by atoms with E-state index in [1.54, 1.807) is 0 Å². The van der Waals surface area contributed by atoms with Gasteiger partial charge in [0.15, 0.2) is 0 Å². The summed E-state index contributed by atoms with van der Waals surface area (Å²) in [7, 11) is 0. The molecular formula is C66H44O3. The molecule has 0 amide bonds. The van der Waals surface area contributed by atoms with Crippen LogP contribution in [0.5, 0.6) is 5.75 Å². The van der Waals surface area contributed by atoms with Crippen molar-refractivity contribution >= 4 is 21.9 Å². The van der Waals surface area contributed by atoms with Gasteiger partial charge in [0.2, 0.25) is 0 Å². The zero-order valence-corrected chi connectivity index (χ0v) is 37.6. The average molecular weight is 885 g/mol. The van der Waals surface area contributed by atoms with E-state index in [4.69, 9.17) is 13.6 Å². The molecule has 69 heavy (non-hydrogen) atoms. The predicted molar refractivity (Wildman–Crippen MR) is 282 cm³/mol. The van der Waals surface area contributed by atoms with Gasteiger partial charge in [0.05, 0.1) is 5.92 Å². The van der Waals surface area contributed by atoms with Gasteiger partial charge in [0.1, 0.15) is 34.5 Å². The van der Waals surface area contributed by atoms with Crippen LogP contribution in [0.3, 0.4) is 0 Å². The van der Waals surface area contributed by atoms with Crippen LogP contribution in [0.4, 0.5) is 0 Å². The second-order valence-electron chi connectivity index (χ2n) is 17.9. The summed E-state index contributed by atoms with van der Waals surface area (Å²) in [4.78, 5) is 0. The SMILES string of the molecule is c1ccc(-c2oc3cc(-c4cc(-c5ccc6c(c5)C(c5ccccc5)C(c5ccccc5)O6)cc(-c5ccc6oc(-c7ccccc7)c(-c7ccccc7)c6c5)c4)ccc3c2-c2ccccc2)cc1. The molecule has 10 aromatic carbocycles. The molecule has 3 nitrogen and oxygen atoms in total. The van der Waals surface area contributed by atoms with E-state index in [-0.39, 0.29) is 12.0 Å². The van der Waals surface area contributed by atoms with Gasteiger partial charge in [0, 0.05) is 38.6 Å². The number of hydrogen-bond acceptors (Lipinski definition) is 3. The molecule has 3 heterocycles. The Balaban J connectivity index is 1.00. The third-order valence-corrected chi connectivity index (χ3v) is 13.7. The number of benzene rings is 10. The number of rotatable bonds is 9. The van der Waals surface area contributed by atoms with Crippen molar-refractivity contribution in [2.75, 3.05) is 0 Å². The molecule has 0 spiro atoms. The molecule has 1 aliphatic heterocycles. The van der Waals surface area contributed by atoms with Crippen molar-refractivity contribution in [3.05, 3.63) is 271 Å². The molecule has 2 aromatic heterocycles. The molecule has 0 saturated heterocycles. The Hall–Kier alpha value is -8.92. The van der Waals surface area contributed by atoms with Gasteiger partial charge < -0.3 is 13.6 Å². The first-order valence-electron chi connectivity index (χ1n) is 23.6. The minimum atomic E-state index is -0.149. The van der Waals surface area contributed by atoms with Crippen molar-refractivity contribution < 1.29 is 13.6 Å². The predicted octanol–water partition coefficient (Wildman–Crippen LogP) is 18.1. The molecule has 1 aliphatic rings. The van der Waals surface area contributed by atoms with Crippen molar-refractivity contribution in [3.63, 3.8) is 0 Å². The first kappa shape index (κ1) is 40.4. The van der Waals surface area contributed by atoms with Crippen LogP contribution in [0, 0.1) is 0 Å². The van der Waals surface area contributed by atoms with Crippen molar-refractivity contribution in [1.82, 2.24) is 0 Å². The second kappa shape index (κ2) is 17.1. The molecule has 0 saturated carbocycles. The van der Waals surface area contributed by atoms with E-state index in [9.17, 15) is 0 Å². The highest BCUT2D eigenvalue weighted by Crippen LogP contribution is 2.51. The Morgan fingerprint density at radius 3 is 1.28 bits per heavy atom. The normalized spacial score (nSPS) is 14.2. The lowest BCUT2D eigenvalue weighted by Gasteiger charge is -2.20. The fourth-order valence-electron chi connectivity index (χ4n) is 10.4. The Labute approximate surface area is 401 Å². The molecular weight excluding hydrogens is 841 g/mol. The zero-order chi connectivity index (χ0) is 45.7. The van der Waals surface area contributed by atoms with Gasteiger partial charge >= 0.3 is 0 Å². The molecule has 0 fully saturated rings. The summed E-state index contributed by atoms with van der Waals surface area (Å²) in [6.07, 6.45) is -0.149. The Morgan fingerprint density at radius 1 is 0.275 bits per heavy atom. The maximum atomic E-state index is 6.90. The lowest BCUT2D eigenvalue weighted by Crippen LogP contribution is -2.11. The lowest BCUT2D eigenvalue weighted by atomic mass is 9.84. The third kappa shape index (κ3) is 7.33. The van der Waals surface area contributed by atoms with Crippen LogP contribution in [0.2, 0.25) is 0 Å². The molecule has 0 radical (unpaired) electrons. The first-order chi connectivity index (χ1) is 34.2. The summed E-state index contributed by atoms with van der Waals surface area (Å²) in [6, 6.07) is 90.4. The largest absolute Gasteiger partial charge is 0.484 e. The zero-order valence-electron chi connectivity index (χ0n) is 37.6. The van der Waals surface area contributed by atoms with Gasteiger partial charge in [-0.25, -0.2) is 0 Å². The standard InChI is InChI=1S/C66H44O3/c1-7-19-43(20-8-1)61-55-34-31-51(42-60(55)69-64(61)46-25-13-4-14-26-46)54-38-52(49-32-35-58-56(40-49)62(44-21-9-2-10-22-44)65(67-58)47-27-15-5-16-28-47)37-53(39-54)50-33-36-59-57(41-50)63(45-23-11-3-12-24-45)66(68-59)48-29-17-6-18-30-48/h1-42,62,65H. The second-order valence-corrected chi connectivity index (χ2v) is 17.9. The maximum absolute atomic E-state index is 6.90. The van der Waals surface area contributed by atoms with Gasteiger partial charge in [-0.05, 0) is 110 Å². The minimum absolute atomic E-state index is 0.0175. The summed E-state index contributed by atoms with van der Waals surface area (Å²) in [5.41, 5.74) is 18.3. The molecule has 2 atom stereocenters. The van der Waals surface area contributed by atoms with Crippen LogP contribution in [0.15, 0.2) is 264 Å². The summed E-state index contributed by atoms with van der Waals surface area (Å²) in [5.74, 6) is 2.66. The topological polar surface area (TPSA) is 35.5 Å². The molecule has 0 N–H and O–H groups in total. The molecule has 2 unspecified atom stereocenters. The van der Waals surface area contributed by atoms with Gasteiger partial charge in [-0.15, -0.1) is 0 Å². The minimum Gasteiger partial charge on any atom is -0.484 e. The summed E-state index contributed by atoms with van der Waals surface area (Å²) in [5, 5.41) is 2.14. The van der Waals surface area contributed by atoms with Crippen molar-refractivity contribution in [1.29, 1.82) is 0 Å². The maximum Gasteiger partial charge on any atom is 0.143 e. The van der Waals surface area contributed by atoms with Crippen LogP contribution in [0.25, 0.3) is 100 Å². The lowest BCUT2D eigenvalue weighted by molar-refractivity contribution is 0.222. The van der Waals surface area contributed by atoms with Crippen molar-refractivity contribution in [2.45, 2.75) is 12.0 Å².